The number of anilines is 2. The smallest absolute Gasteiger partial charge is 0.257 e. The van der Waals surface area contributed by atoms with E-state index >= 15 is 0 Å². The Morgan fingerprint density at radius 1 is 0.978 bits per heavy atom. The van der Waals surface area contributed by atoms with Gasteiger partial charge in [-0.15, -0.1) is 11.3 Å². The number of thiazole rings is 2. The number of amides is 1. The molecule has 0 atom stereocenters. The van der Waals surface area contributed by atoms with Crippen molar-refractivity contribution in [3.05, 3.63) is 112 Å². The first-order chi connectivity index (χ1) is 22.0. The maximum absolute atomic E-state index is 13.4. The largest absolute Gasteiger partial charge is 0.494 e. The van der Waals surface area contributed by atoms with E-state index in [-0.39, 0.29) is 11.7 Å². The number of fused-ring (bicyclic) bond motifs is 2. The highest BCUT2D eigenvalue weighted by Crippen LogP contribution is 2.33. The van der Waals surface area contributed by atoms with E-state index in [4.69, 9.17) is 9.72 Å². The van der Waals surface area contributed by atoms with Gasteiger partial charge in [0.15, 0.2) is 16.0 Å². The summed E-state index contributed by atoms with van der Waals surface area (Å²) in [4.78, 5) is 38.5. The Hall–Kier alpha value is -4.87. The maximum Gasteiger partial charge on any atom is 0.257 e. The van der Waals surface area contributed by atoms with Crippen LogP contribution in [-0.4, -0.2) is 44.6 Å². The van der Waals surface area contributed by atoms with E-state index < -0.39 is 0 Å². The summed E-state index contributed by atoms with van der Waals surface area (Å²) in [5.41, 5.74) is 5.13. The third-order valence-corrected chi connectivity index (χ3v) is 9.87. The molecule has 1 amide bonds. The van der Waals surface area contributed by atoms with Crippen molar-refractivity contribution in [3.8, 4) is 11.4 Å². The molecule has 11 heteroatoms. The molecule has 0 spiro atoms. The lowest BCUT2D eigenvalue weighted by Crippen LogP contribution is -2.32. The number of carbonyl (C=O) groups is 2. The minimum atomic E-state index is -0.173. The van der Waals surface area contributed by atoms with Gasteiger partial charge in [0, 0.05) is 42.8 Å². The summed E-state index contributed by atoms with van der Waals surface area (Å²) in [7, 11) is 0. The van der Waals surface area contributed by atoms with E-state index in [9.17, 15) is 9.59 Å². The summed E-state index contributed by atoms with van der Waals surface area (Å²) in [6.45, 7) is 3.39. The summed E-state index contributed by atoms with van der Waals surface area (Å²) in [5, 5.41) is 8.64. The molecule has 0 saturated carbocycles. The van der Waals surface area contributed by atoms with E-state index in [1.54, 1.807) is 29.1 Å². The first kappa shape index (κ1) is 28.9. The third-order valence-electron chi connectivity index (χ3n) is 7.74. The predicted octanol–water partition coefficient (Wildman–Crippen LogP) is 6.97. The molecule has 7 rings (SSSR count). The Kier molecular flexibility index (Phi) is 8.10. The van der Waals surface area contributed by atoms with E-state index in [0.717, 1.165) is 62.2 Å². The molecule has 226 valence electrons. The molecule has 1 aliphatic rings. The van der Waals surface area contributed by atoms with Gasteiger partial charge in [-0.2, -0.15) is 5.10 Å². The van der Waals surface area contributed by atoms with Gasteiger partial charge < -0.3 is 9.64 Å². The molecule has 3 aromatic heterocycles. The van der Waals surface area contributed by atoms with Crippen LogP contribution in [0.3, 0.4) is 0 Å². The van der Waals surface area contributed by atoms with E-state index in [0.29, 0.717) is 36.0 Å². The lowest BCUT2D eigenvalue weighted by Gasteiger charge is -2.29. The molecule has 4 heterocycles. The normalized spacial score (nSPS) is 12.7. The molecule has 0 saturated heterocycles. The lowest BCUT2D eigenvalue weighted by molar-refractivity contribution is 0.100. The van der Waals surface area contributed by atoms with Gasteiger partial charge in [0.25, 0.3) is 5.91 Å². The van der Waals surface area contributed by atoms with Gasteiger partial charge in [-0.3, -0.25) is 14.9 Å². The van der Waals surface area contributed by atoms with Crippen LogP contribution in [0.25, 0.3) is 15.9 Å². The molecule has 1 aliphatic heterocycles. The van der Waals surface area contributed by atoms with Crippen molar-refractivity contribution >= 4 is 54.8 Å². The monoisotopic (exact) mass is 634 g/mol. The number of hydrogen-bond acceptors (Lipinski definition) is 9. The van der Waals surface area contributed by atoms with Crippen LogP contribution in [0.2, 0.25) is 0 Å². The van der Waals surface area contributed by atoms with Gasteiger partial charge in [0.05, 0.1) is 22.5 Å². The molecule has 3 aromatic carbocycles. The number of benzene rings is 3. The van der Waals surface area contributed by atoms with Crippen molar-refractivity contribution in [2.24, 2.45) is 0 Å². The lowest BCUT2D eigenvalue weighted by atomic mass is 9.94. The number of ketones is 1. The fourth-order valence-corrected chi connectivity index (χ4v) is 7.54. The SMILES string of the molecule is CC(=O)c1nc(N2CCc3cccc(C(=O)Nc4nc5ccccc5s4)c3C2)sc1CCCOc1ccc(-n2cccn2)cc1. The van der Waals surface area contributed by atoms with Crippen molar-refractivity contribution in [1.82, 2.24) is 19.7 Å². The first-order valence-electron chi connectivity index (χ1n) is 14.8. The fourth-order valence-electron chi connectivity index (χ4n) is 5.51. The van der Waals surface area contributed by atoms with Gasteiger partial charge in [-0.25, -0.2) is 14.6 Å². The Morgan fingerprint density at radius 3 is 2.64 bits per heavy atom. The van der Waals surface area contributed by atoms with Crippen LogP contribution >= 0.6 is 22.7 Å². The molecular weight excluding hydrogens is 605 g/mol. The summed E-state index contributed by atoms with van der Waals surface area (Å²) in [6.07, 6.45) is 5.88. The average Bonchev–Trinajstić information content (AvgIpc) is 3.83. The third kappa shape index (κ3) is 6.22. The van der Waals surface area contributed by atoms with Crippen LogP contribution in [0, 0.1) is 0 Å². The number of nitrogens with one attached hydrogen (secondary N) is 1. The zero-order valence-corrected chi connectivity index (χ0v) is 26.2. The Balaban J connectivity index is 1.01. The number of nitrogens with zero attached hydrogens (tertiary/aromatic N) is 5. The van der Waals surface area contributed by atoms with Crippen molar-refractivity contribution in [2.45, 2.75) is 32.7 Å². The second kappa shape index (κ2) is 12.6. The van der Waals surface area contributed by atoms with Crippen LogP contribution in [0.5, 0.6) is 5.75 Å². The Bertz CT molecular complexity index is 1950. The molecule has 0 bridgehead atoms. The minimum absolute atomic E-state index is 0.0454. The number of aromatic nitrogens is 4. The number of hydrogen-bond donors (Lipinski definition) is 1. The van der Waals surface area contributed by atoms with Gasteiger partial charge >= 0.3 is 0 Å². The molecule has 9 nitrogen and oxygen atoms in total. The molecule has 0 aliphatic carbocycles. The predicted molar refractivity (Wildman–Crippen MR) is 178 cm³/mol. The second-order valence-electron chi connectivity index (χ2n) is 10.8. The van der Waals surface area contributed by atoms with Crippen molar-refractivity contribution < 1.29 is 14.3 Å². The maximum atomic E-state index is 13.4. The number of carbonyl (C=O) groups excluding carboxylic acids is 2. The Labute approximate surface area is 268 Å². The van der Waals surface area contributed by atoms with Gasteiger partial charge in [0.2, 0.25) is 0 Å². The van der Waals surface area contributed by atoms with E-state index in [1.165, 1.54) is 11.3 Å². The summed E-state index contributed by atoms with van der Waals surface area (Å²) in [6, 6.07) is 23.4. The van der Waals surface area contributed by atoms with Crippen LogP contribution in [0.4, 0.5) is 10.3 Å². The van der Waals surface area contributed by atoms with Crippen LogP contribution in [0.1, 0.15) is 50.2 Å². The molecule has 1 N–H and O–H groups in total. The van der Waals surface area contributed by atoms with Gasteiger partial charge in [0.1, 0.15) is 11.4 Å². The fraction of sp³-hybridized carbons (Fsp3) is 0.206. The molecule has 6 aromatic rings. The van der Waals surface area contributed by atoms with Crippen molar-refractivity contribution in [1.29, 1.82) is 0 Å². The number of aryl methyl sites for hydroxylation is 1. The number of rotatable bonds is 10. The highest BCUT2D eigenvalue weighted by molar-refractivity contribution is 7.22. The highest BCUT2D eigenvalue weighted by Gasteiger charge is 2.26. The topological polar surface area (TPSA) is 102 Å². The summed E-state index contributed by atoms with van der Waals surface area (Å²) >= 11 is 3.02. The van der Waals surface area contributed by atoms with Crippen LogP contribution in [0.15, 0.2) is 85.2 Å². The number of ether oxygens (including phenoxy) is 1. The van der Waals surface area contributed by atoms with Gasteiger partial charge in [-0.05, 0) is 78.9 Å². The molecule has 0 radical (unpaired) electrons. The number of Topliss-reactive ketones (excluding diaryl/α,β-unsaturated/α-hetero) is 1. The summed E-state index contributed by atoms with van der Waals surface area (Å²) < 4.78 is 8.81. The minimum Gasteiger partial charge on any atom is -0.494 e. The van der Waals surface area contributed by atoms with E-state index in [2.05, 4.69) is 26.4 Å². The first-order valence-corrected chi connectivity index (χ1v) is 16.4. The summed E-state index contributed by atoms with van der Waals surface area (Å²) in [5.74, 6) is 0.571. The number of para-hydroxylation sites is 1. The van der Waals surface area contributed by atoms with Gasteiger partial charge in [-0.1, -0.05) is 35.6 Å². The highest BCUT2D eigenvalue weighted by atomic mass is 32.1. The average molecular weight is 635 g/mol. The van der Waals surface area contributed by atoms with Crippen molar-refractivity contribution in [3.63, 3.8) is 0 Å². The van der Waals surface area contributed by atoms with Crippen LogP contribution < -0.4 is 15.0 Å². The molecular formula is C34H30N6O3S2. The van der Waals surface area contributed by atoms with E-state index in [1.807, 2.05) is 72.9 Å². The zero-order valence-electron chi connectivity index (χ0n) is 24.6. The van der Waals surface area contributed by atoms with Crippen molar-refractivity contribution in [2.75, 3.05) is 23.4 Å². The molecule has 0 fully saturated rings. The quantitative estimate of drug-likeness (QED) is 0.128. The zero-order chi connectivity index (χ0) is 30.8. The van der Waals surface area contributed by atoms with Crippen LogP contribution in [-0.2, 0) is 19.4 Å². The molecule has 0 unspecified atom stereocenters. The molecule has 45 heavy (non-hydrogen) atoms. The Morgan fingerprint density at radius 2 is 1.84 bits per heavy atom. The standard InChI is InChI=1S/C34H30N6O3S2/c1-22(41)31-30(11-5-20-43-25-14-12-24(13-15-25)40-18-6-17-35-40)45-34(37-31)39-19-16-23-7-4-8-26(27(23)21-39)32(42)38-33-36-28-9-2-3-10-29(28)44-33/h2-4,6-10,12-15,17-18H,5,11,16,19-21H2,1H3,(H,36,38,42). The second-order valence-corrected chi connectivity index (χ2v) is 12.9.